The van der Waals surface area contributed by atoms with E-state index in [-0.39, 0.29) is 18.0 Å². The number of rotatable bonds is 4. The van der Waals surface area contributed by atoms with Crippen molar-refractivity contribution in [1.29, 1.82) is 0 Å². The molecule has 2 aromatic rings. The summed E-state index contributed by atoms with van der Waals surface area (Å²) in [4.78, 5) is 12.3. The normalized spacial score (nSPS) is 18.8. The number of amides is 1. The first-order valence-electron chi connectivity index (χ1n) is 7.30. The summed E-state index contributed by atoms with van der Waals surface area (Å²) in [6.07, 6.45) is 4.39. The van der Waals surface area contributed by atoms with E-state index in [1.54, 1.807) is 6.20 Å². The molecule has 3 rings (SSSR count). The SMILES string of the molecule is CC(Cn1cccn1)NC(=O)[C@@H]1Cc2ccccc2CN1. The van der Waals surface area contributed by atoms with Crippen LogP contribution in [0.4, 0.5) is 0 Å². The van der Waals surface area contributed by atoms with Gasteiger partial charge in [-0.3, -0.25) is 9.48 Å². The van der Waals surface area contributed by atoms with Gasteiger partial charge >= 0.3 is 0 Å². The van der Waals surface area contributed by atoms with E-state index in [0.717, 1.165) is 13.0 Å². The molecular weight excluding hydrogens is 264 g/mol. The Labute approximate surface area is 124 Å². The van der Waals surface area contributed by atoms with E-state index >= 15 is 0 Å². The summed E-state index contributed by atoms with van der Waals surface area (Å²) in [6.45, 7) is 3.43. The molecule has 1 unspecified atom stereocenters. The molecule has 2 atom stereocenters. The highest BCUT2D eigenvalue weighted by atomic mass is 16.2. The van der Waals surface area contributed by atoms with Gasteiger partial charge < -0.3 is 10.6 Å². The van der Waals surface area contributed by atoms with Crippen molar-refractivity contribution >= 4 is 5.91 Å². The lowest BCUT2D eigenvalue weighted by Gasteiger charge is -2.26. The van der Waals surface area contributed by atoms with Crippen LogP contribution >= 0.6 is 0 Å². The second-order valence-corrected chi connectivity index (χ2v) is 5.54. The van der Waals surface area contributed by atoms with E-state index in [9.17, 15) is 4.79 Å². The Kier molecular flexibility index (Phi) is 4.01. The van der Waals surface area contributed by atoms with Crippen LogP contribution in [0.15, 0.2) is 42.7 Å². The molecule has 0 aliphatic carbocycles. The molecule has 21 heavy (non-hydrogen) atoms. The lowest BCUT2D eigenvalue weighted by atomic mass is 9.95. The van der Waals surface area contributed by atoms with Crippen LogP contribution in [0.1, 0.15) is 18.1 Å². The van der Waals surface area contributed by atoms with Gasteiger partial charge in [-0.25, -0.2) is 0 Å². The minimum atomic E-state index is -0.153. The quantitative estimate of drug-likeness (QED) is 0.884. The third kappa shape index (κ3) is 3.31. The van der Waals surface area contributed by atoms with E-state index in [2.05, 4.69) is 27.9 Å². The zero-order valence-electron chi connectivity index (χ0n) is 12.1. The van der Waals surface area contributed by atoms with E-state index < -0.39 is 0 Å². The van der Waals surface area contributed by atoms with Gasteiger partial charge in [0.15, 0.2) is 0 Å². The maximum atomic E-state index is 12.3. The monoisotopic (exact) mass is 284 g/mol. The number of aromatic nitrogens is 2. The number of hydrogen-bond acceptors (Lipinski definition) is 3. The number of benzene rings is 1. The minimum Gasteiger partial charge on any atom is -0.350 e. The molecule has 0 fully saturated rings. The van der Waals surface area contributed by atoms with Gasteiger partial charge in [0.25, 0.3) is 0 Å². The van der Waals surface area contributed by atoms with Crippen molar-refractivity contribution in [2.24, 2.45) is 0 Å². The second kappa shape index (κ2) is 6.10. The number of carbonyl (C=O) groups is 1. The first-order chi connectivity index (χ1) is 10.2. The summed E-state index contributed by atoms with van der Waals surface area (Å²) in [6, 6.07) is 10.1. The fourth-order valence-corrected chi connectivity index (χ4v) is 2.72. The van der Waals surface area contributed by atoms with Crippen LogP contribution in [0.3, 0.4) is 0 Å². The Morgan fingerprint density at radius 3 is 3.00 bits per heavy atom. The molecule has 5 nitrogen and oxygen atoms in total. The lowest BCUT2D eigenvalue weighted by Crippen LogP contribution is -2.50. The van der Waals surface area contributed by atoms with E-state index in [1.807, 2.05) is 36.0 Å². The van der Waals surface area contributed by atoms with Crippen LogP contribution in [-0.2, 0) is 24.3 Å². The molecule has 0 radical (unpaired) electrons. The number of carbonyl (C=O) groups excluding carboxylic acids is 1. The summed E-state index contributed by atoms with van der Waals surface area (Å²) in [5.74, 6) is 0.0594. The zero-order valence-corrected chi connectivity index (χ0v) is 12.1. The van der Waals surface area contributed by atoms with Gasteiger partial charge in [-0.05, 0) is 30.5 Å². The summed E-state index contributed by atoms with van der Waals surface area (Å²) in [5, 5.41) is 10.5. The van der Waals surface area contributed by atoms with Crippen LogP contribution in [-0.4, -0.2) is 27.8 Å². The highest BCUT2D eigenvalue weighted by Crippen LogP contribution is 2.16. The second-order valence-electron chi connectivity index (χ2n) is 5.54. The Hall–Kier alpha value is -2.14. The van der Waals surface area contributed by atoms with Crippen molar-refractivity contribution in [2.75, 3.05) is 0 Å². The molecule has 1 aliphatic rings. The Morgan fingerprint density at radius 2 is 2.24 bits per heavy atom. The zero-order chi connectivity index (χ0) is 14.7. The number of nitrogens with zero attached hydrogens (tertiary/aromatic N) is 2. The standard InChI is InChI=1S/C16H20N4O/c1-12(11-20-8-4-7-18-20)19-16(21)15-9-13-5-2-3-6-14(13)10-17-15/h2-8,12,15,17H,9-11H2,1H3,(H,19,21)/t12?,15-/m0/s1. The van der Waals surface area contributed by atoms with Gasteiger partial charge in [-0.2, -0.15) is 5.10 Å². The largest absolute Gasteiger partial charge is 0.350 e. The highest BCUT2D eigenvalue weighted by Gasteiger charge is 2.24. The van der Waals surface area contributed by atoms with Crippen LogP contribution in [0.25, 0.3) is 0 Å². The number of nitrogens with one attached hydrogen (secondary N) is 2. The van der Waals surface area contributed by atoms with Crippen LogP contribution in [0.2, 0.25) is 0 Å². The average molecular weight is 284 g/mol. The van der Waals surface area contributed by atoms with Crippen molar-refractivity contribution < 1.29 is 4.79 Å². The smallest absolute Gasteiger partial charge is 0.237 e. The summed E-state index contributed by atoms with van der Waals surface area (Å²) < 4.78 is 1.83. The van der Waals surface area contributed by atoms with Crippen molar-refractivity contribution in [3.63, 3.8) is 0 Å². The first-order valence-corrected chi connectivity index (χ1v) is 7.30. The Morgan fingerprint density at radius 1 is 1.43 bits per heavy atom. The van der Waals surface area contributed by atoms with Gasteiger partial charge in [0.05, 0.1) is 12.6 Å². The van der Waals surface area contributed by atoms with Crippen LogP contribution < -0.4 is 10.6 Å². The van der Waals surface area contributed by atoms with E-state index in [4.69, 9.17) is 0 Å². The summed E-state index contributed by atoms with van der Waals surface area (Å²) in [7, 11) is 0. The molecule has 2 heterocycles. The van der Waals surface area contributed by atoms with Gasteiger partial charge in [0, 0.05) is 25.0 Å². The third-order valence-corrected chi connectivity index (χ3v) is 3.81. The molecule has 1 aromatic heterocycles. The third-order valence-electron chi connectivity index (χ3n) is 3.81. The van der Waals surface area contributed by atoms with E-state index in [0.29, 0.717) is 6.54 Å². The molecule has 110 valence electrons. The minimum absolute atomic E-state index is 0.0522. The molecule has 0 bridgehead atoms. The molecule has 0 spiro atoms. The van der Waals surface area contributed by atoms with Crippen molar-refractivity contribution in [2.45, 2.75) is 38.5 Å². The summed E-state index contributed by atoms with van der Waals surface area (Å²) >= 11 is 0. The Bertz CT molecular complexity index is 608. The molecular formula is C16H20N4O. The van der Waals surface area contributed by atoms with Crippen LogP contribution in [0, 0.1) is 0 Å². The molecule has 5 heteroatoms. The lowest BCUT2D eigenvalue weighted by molar-refractivity contribution is -0.124. The molecule has 1 amide bonds. The average Bonchev–Trinajstić information content (AvgIpc) is 2.99. The summed E-state index contributed by atoms with van der Waals surface area (Å²) in [5.41, 5.74) is 2.54. The fourth-order valence-electron chi connectivity index (χ4n) is 2.72. The molecule has 0 saturated heterocycles. The predicted molar refractivity (Wildman–Crippen MR) is 80.6 cm³/mol. The van der Waals surface area contributed by atoms with Gasteiger partial charge in [-0.1, -0.05) is 24.3 Å². The predicted octanol–water partition coefficient (Wildman–Crippen LogP) is 1.10. The topological polar surface area (TPSA) is 59.0 Å². The molecule has 1 aromatic carbocycles. The fraction of sp³-hybridized carbons (Fsp3) is 0.375. The van der Waals surface area contributed by atoms with E-state index in [1.165, 1.54) is 11.1 Å². The maximum Gasteiger partial charge on any atom is 0.237 e. The van der Waals surface area contributed by atoms with Crippen molar-refractivity contribution in [1.82, 2.24) is 20.4 Å². The number of hydrogen-bond donors (Lipinski definition) is 2. The number of fused-ring (bicyclic) bond motifs is 1. The molecule has 0 saturated carbocycles. The van der Waals surface area contributed by atoms with Gasteiger partial charge in [0.2, 0.25) is 5.91 Å². The van der Waals surface area contributed by atoms with Crippen molar-refractivity contribution in [3.05, 3.63) is 53.9 Å². The van der Waals surface area contributed by atoms with Crippen LogP contribution in [0.5, 0.6) is 0 Å². The van der Waals surface area contributed by atoms with Gasteiger partial charge in [-0.15, -0.1) is 0 Å². The molecule has 2 N–H and O–H groups in total. The Balaban J connectivity index is 1.56. The first kappa shape index (κ1) is 13.8. The maximum absolute atomic E-state index is 12.3. The van der Waals surface area contributed by atoms with Gasteiger partial charge in [0.1, 0.15) is 0 Å². The van der Waals surface area contributed by atoms with Crippen molar-refractivity contribution in [3.8, 4) is 0 Å². The molecule has 1 aliphatic heterocycles. The highest BCUT2D eigenvalue weighted by molar-refractivity contribution is 5.82.